The number of carbonyl (C=O) groups is 1. The number of nitrogens with zero attached hydrogens (tertiary/aromatic N) is 1. The molecule has 1 unspecified atom stereocenters. The molecule has 0 spiro atoms. The quantitative estimate of drug-likeness (QED) is 0.673. The Morgan fingerprint density at radius 3 is 2.34 bits per heavy atom. The first-order valence-corrected chi connectivity index (χ1v) is 13.3. The highest BCUT2D eigenvalue weighted by molar-refractivity contribution is 7.89. The number of rotatable bonds is 7. The number of ether oxygens (including phenoxy) is 2. The van der Waals surface area contributed by atoms with Gasteiger partial charge in [0.2, 0.25) is 15.9 Å². The van der Waals surface area contributed by atoms with Gasteiger partial charge < -0.3 is 14.8 Å². The molecule has 4 bridgehead atoms. The predicted molar refractivity (Wildman–Crippen MR) is 120 cm³/mol. The maximum Gasteiger partial charge on any atom is 0.246 e. The van der Waals surface area contributed by atoms with Crippen LogP contribution in [0.2, 0.25) is 0 Å². The molecule has 7 nitrogen and oxygen atoms in total. The molecule has 1 heterocycles. The van der Waals surface area contributed by atoms with Gasteiger partial charge in [-0.2, -0.15) is 4.31 Å². The van der Waals surface area contributed by atoms with Crippen LogP contribution < -0.4 is 14.8 Å². The maximum atomic E-state index is 13.2. The van der Waals surface area contributed by atoms with E-state index in [4.69, 9.17) is 9.47 Å². The fourth-order valence-electron chi connectivity index (χ4n) is 7.12. The van der Waals surface area contributed by atoms with Crippen molar-refractivity contribution >= 4 is 15.9 Å². The fraction of sp³-hybridized carbons (Fsp3) is 0.708. The molecule has 5 fully saturated rings. The van der Waals surface area contributed by atoms with Crippen LogP contribution in [0.5, 0.6) is 11.5 Å². The average Bonchev–Trinajstić information content (AvgIpc) is 3.26. The van der Waals surface area contributed by atoms with Crippen molar-refractivity contribution in [2.75, 3.05) is 33.9 Å². The number of carbonyl (C=O) groups excluding carboxylic acids is 1. The van der Waals surface area contributed by atoms with E-state index in [1.807, 2.05) is 0 Å². The number of nitrogens with one attached hydrogen (secondary N) is 1. The van der Waals surface area contributed by atoms with Gasteiger partial charge in [-0.1, -0.05) is 0 Å². The molecule has 1 aromatic carbocycles. The average molecular weight is 463 g/mol. The summed E-state index contributed by atoms with van der Waals surface area (Å²) in [4.78, 5) is 13.4. The Morgan fingerprint density at radius 2 is 1.75 bits per heavy atom. The van der Waals surface area contributed by atoms with Crippen molar-refractivity contribution in [2.45, 2.75) is 49.8 Å². The standard InChI is InChI=1S/C24H34N2O5S/c1-30-20-3-4-22(21(10-20)31-2)32(28,29)26-6-5-16(15-26)14-25-23(27)24-11-17-7-18(12-24)9-19(8-17)13-24/h3-4,10,16-19H,5-9,11-15H2,1-2H3,(H,25,27). The lowest BCUT2D eigenvalue weighted by atomic mass is 9.49. The largest absolute Gasteiger partial charge is 0.497 e. The van der Waals surface area contributed by atoms with Gasteiger partial charge in [0.1, 0.15) is 16.4 Å². The zero-order valence-electron chi connectivity index (χ0n) is 19.0. The summed E-state index contributed by atoms with van der Waals surface area (Å²) in [7, 11) is -0.682. The number of methoxy groups -OCH3 is 2. The monoisotopic (exact) mass is 462 g/mol. The van der Waals surface area contributed by atoms with Crippen molar-refractivity contribution in [2.24, 2.45) is 29.1 Å². The third-order valence-electron chi connectivity index (χ3n) is 8.31. The van der Waals surface area contributed by atoms with Crippen LogP contribution in [0.1, 0.15) is 44.9 Å². The second-order valence-corrected chi connectivity index (χ2v) is 12.3. The van der Waals surface area contributed by atoms with E-state index in [9.17, 15) is 13.2 Å². The molecular formula is C24H34N2O5S. The van der Waals surface area contributed by atoms with E-state index in [1.165, 1.54) is 43.9 Å². The number of amides is 1. The van der Waals surface area contributed by atoms with Gasteiger partial charge >= 0.3 is 0 Å². The van der Waals surface area contributed by atoms with Crippen LogP contribution in [0.25, 0.3) is 0 Å². The molecule has 4 saturated carbocycles. The van der Waals surface area contributed by atoms with E-state index < -0.39 is 10.0 Å². The molecule has 1 amide bonds. The van der Waals surface area contributed by atoms with Gasteiger partial charge in [0.15, 0.2) is 0 Å². The topological polar surface area (TPSA) is 84.9 Å². The van der Waals surface area contributed by atoms with Crippen molar-refractivity contribution in [1.29, 1.82) is 0 Å². The van der Waals surface area contributed by atoms with Crippen molar-refractivity contribution in [3.63, 3.8) is 0 Å². The molecule has 1 N–H and O–H groups in total. The maximum absolute atomic E-state index is 13.2. The molecule has 6 rings (SSSR count). The minimum absolute atomic E-state index is 0.131. The van der Waals surface area contributed by atoms with Gasteiger partial charge in [-0.05, 0) is 80.8 Å². The first-order valence-electron chi connectivity index (χ1n) is 11.8. The lowest BCUT2D eigenvalue weighted by Gasteiger charge is -2.55. The molecule has 176 valence electrons. The summed E-state index contributed by atoms with van der Waals surface area (Å²) in [6.45, 7) is 1.42. The summed E-state index contributed by atoms with van der Waals surface area (Å²) in [6, 6.07) is 4.76. The first-order chi connectivity index (χ1) is 15.3. The van der Waals surface area contributed by atoms with Gasteiger partial charge in [0, 0.05) is 31.1 Å². The summed E-state index contributed by atoms with van der Waals surface area (Å²) < 4.78 is 38.5. The second kappa shape index (κ2) is 8.20. The zero-order chi connectivity index (χ0) is 22.5. The van der Waals surface area contributed by atoms with Crippen LogP contribution in [0.4, 0.5) is 0 Å². The molecule has 4 aliphatic carbocycles. The number of sulfonamides is 1. The zero-order valence-corrected chi connectivity index (χ0v) is 19.8. The Morgan fingerprint density at radius 1 is 1.09 bits per heavy atom. The van der Waals surface area contributed by atoms with Gasteiger partial charge in [-0.3, -0.25) is 4.79 Å². The number of benzene rings is 1. The van der Waals surface area contributed by atoms with E-state index >= 15 is 0 Å². The van der Waals surface area contributed by atoms with Gasteiger partial charge in [0.25, 0.3) is 0 Å². The molecule has 0 radical (unpaired) electrons. The third kappa shape index (κ3) is 3.79. The first kappa shape index (κ1) is 22.0. The molecular weight excluding hydrogens is 428 g/mol. The minimum Gasteiger partial charge on any atom is -0.497 e. The highest BCUT2D eigenvalue weighted by atomic mass is 32.2. The number of hydrogen-bond donors (Lipinski definition) is 1. The predicted octanol–water partition coefficient (Wildman–Crippen LogP) is 3.05. The molecule has 1 saturated heterocycles. The van der Waals surface area contributed by atoms with Gasteiger partial charge in [-0.25, -0.2) is 8.42 Å². The molecule has 1 atom stereocenters. The second-order valence-electron chi connectivity index (χ2n) is 10.4. The summed E-state index contributed by atoms with van der Waals surface area (Å²) in [5, 5.41) is 3.23. The Labute approximate surface area is 190 Å². The van der Waals surface area contributed by atoms with Crippen LogP contribution in [0.15, 0.2) is 23.1 Å². The van der Waals surface area contributed by atoms with Gasteiger partial charge in [-0.15, -0.1) is 0 Å². The van der Waals surface area contributed by atoms with E-state index in [2.05, 4.69) is 5.32 Å². The van der Waals surface area contributed by atoms with Crippen LogP contribution in [-0.2, 0) is 14.8 Å². The van der Waals surface area contributed by atoms with Crippen LogP contribution >= 0.6 is 0 Å². The summed E-state index contributed by atoms with van der Waals surface area (Å²) in [5.74, 6) is 3.38. The minimum atomic E-state index is -3.67. The lowest BCUT2D eigenvalue weighted by Crippen LogP contribution is -2.54. The molecule has 0 aromatic heterocycles. The Hall–Kier alpha value is -1.80. The Kier molecular flexibility index (Phi) is 5.64. The van der Waals surface area contributed by atoms with Crippen molar-refractivity contribution in [1.82, 2.24) is 9.62 Å². The van der Waals surface area contributed by atoms with Crippen molar-refractivity contribution in [3.8, 4) is 11.5 Å². The fourth-order valence-corrected chi connectivity index (χ4v) is 8.79. The van der Waals surface area contributed by atoms with Crippen LogP contribution in [0, 0.1) is 29.1 Å². The molecule has 1 aliphatic heterocycles. The summed E-state index contributed by atoms with van der Waals surface area (Å²) >= 11 is 0. The lowest BCUT2D eigenvalue weighted by molar-refractivity contribution is -0.146. The van der Waals surface area contributed by atoms with E-state index in [1.54, 1.807) is 12.1 Å². The van der Waals surface area contributed by atoms with Crippen molar-refractivity contribution in [3.05, 3.63) is 18.2 Å². The summed E-state index contributed by atoms with van der Waals surface area (Å²) in [6.07, 6.45) is 7.84. The Balaban J connectivity index is 1.21. The summed E-state index contributed by atoms with van der Waals surface area (Å²) in [5.41, 5.74) is -0.157. The smallest absolute Gasteiger partial charge is 0.246 e. The molecule has 8 heteroatoms. The van der Waals surface area contributed by atoms with Crippen molar-refractivity contribution < 1.29 is 22.7 Å². The molecule has 32 heavy (non-hydrogen) atoms. The molecule has 5 aliphatic rings. The highest BCUT2D eigenvalue weighted by Gasteiger charge is 2.54. The van der Waals surface area contributed by atoms with E-state index in [-0.39, 0.29) is 27.9 Å². The van der Waals surface area contributed by atoms with E-state index in [0.29, 0.717) is 25.4 Å². The SMILES string of the molecule is COc1ccc(S(=O)(=O)N2CCC(CNC(=O)C34CC5CC(CC(C5)C3)C4)C2)c(OC)c1. The molecule has 1 aromatic rings. The normalized spacial score (nSPS) is 33.9. The third-order valence-corrected chi connectivity index (χ3v) is 10.2. The highest BCUT2D eigenvalue weighted by Crippen LogP contribution is 2.60. The number of hydrogen-bond acceptors (Lipinski definition) is 5. The van der Waals surface area contributed by atoms with Crippen LogP contribution in [0.3, 0.4) is 0 Å². The van der Waals surface area contributed by atoms with E-state index in [0.717, 1.165) is 43.4 Å². The van der Waals surface area contributed by atoms with Crippen LogP contribution in [-0.4, -0.2) is 52.5 Å². The van der Waals surface area contributed by atoms with Gasteiger partial charge in [0.05, 0.1) is 14.2 Å². The Bertz CT molecular complexity index is 957.